The third-order valence-corrected chi connectivity index (χ3v) is 5.12. The van der Waals surface area contributed by atoms with E-state index in [1.165, 1.54) is 5.56 Å². The van der Waals surface area contributed by atoms with Gasteiger partial charge in [-0.05, 0) is 35.6 Å². The molecule has 0 saturated carbocycles. The molecule has 2 heterocycles. The lowest BCUT2D eigenvalue weighted by Gasteiger charge is -2.04. The Morgan fingerprint density at radius 3 is 2.68 bits per heavy atom. The molecule has 1 aromatic carbocycles. The van der Waals surface area contributed by atoms with Crippen molar-refractivity contribution in [2.24, 2.45) is 0 Å². The smallest absolute Gasteiger partial charge is 0.270 e. The molecule has 1 N–H and O–H groups in total. The fourth-order valence-corrected chi connectivity index (χ4v) is 3.52. The van der Waals surface area contributed by atoms with Gasteiger partial charge in [0.25, 0.3) is 5.91 Å². The number of aryl methyl sites for hydroxylation is 1. The summed E-state index contributed by atoms with van der Waals surface area (Å²) < 4.78 is 3.86. The van der Waals surface area contributed by atoms with E-state index in [-0.39, 0.29) is 5.91 Å². The topological polar surface area (TPSA) is 80.7 Å². The van der Waals surface area contributed by atoms with Crippen molar-refractivity contribution in [2.45, 2.75) is 30.5 Å². The predicted octanol–water partition coefficient (Wildman–Crippen LogP) is 3.83. The third kappa shape index (κ3) is 4.83. The number of carbonyl (C=O) groups excluding carboxylic acids is 1. The van der Waals surface area contributed by atoms with Gasteiger partial charge in [-0.15, -0.1) is 15.3 Å². The number of benzene rings is 1. The zero-order valence-corrected chi connectivity index (χ0v) is 15.3. The maximum absolute atomic E-state index is 12.3. The summed E-state index contributed by atoms with van der Waals surface area (Å²) in [5.74, 6) is 1.01. The number of aromatic nitrogens is 4. The Morgan fingerprint density at radius 2 is 1.96 bits per heavy atom. The van der Waals surface area contributed by atoms with Crippen molar-refractivity contribution < 1.29 is 4.79 Å². The highest BCUT2D eigenvalue weighted by atomic mass is 32.2. The van der Waals surface area contributed by atoms with Gasteiger partial charge >= 0.3 is 0 Å². The van der Waals surface area contributed by atoms with E-state index in [0.29, 0.717) is 10.7 Å². The second-order valence-corrected chi connectivity index (χ2v) is 7.03. The van der Waals surface area contributed by atoms with Crippen molar-refractivity contribution in [3.8, 4) is 0 Å². The summed E-state index contributed by atoms with van der Waals surface area (Å²) >= 11 is 2.70. The average molecular weight is 371 g/mol. The van der Waals surface area contributed by atoms with E-state index < -0.39 is 0 Å². The van der Waals surface area contributed by atoms with Crippen LogP contribution in [0.2, 0.25) is 0 Å². The molecule has 0 aliphatic carbocycles. The molecule has 0 fully saturated rings. The average Bonchev–Trinajstić information content (AvgIpc) is 3.11. The van der Waals surface area contributed by atoms with Gasteiger partial charge in [-0.3, -0.25) is 4.79 Å². The predicted molar refractivity (Wildman–Crippen MR) is 99.9 cm³/mol. The first-order valence-corrected chi connectivity index (χ1v) is 9.65. The van der Waals surface area contributed by atoms with Crippen LogP contribution in [0.15, 0.2) is 47.5 Å². The maximum Gasteiger partial charge on any atom is 0.270 e. The summed E-state index contributed by atoms with van der Waals surface area (Å²) in [7, 11) is 0. The standard InChI is InChI=1S/C17H17N5OS2/c1-2-6-13-16(25-22-19-13)17(23)18-14-9-10-15(21-20-14)24-11-12-7-4-3-5-8-12/h3-5,7-10H,2,6,11H2,1H3,(H,18,20,23). The van der Waals surface area contributed by atoms with E-state index >= 15 is 0 Å². The summed E-state index contributed by atoms with van der Waals surface area (Å²) in [6.45, 7) is 2.04. The Labute approximate surface area is 154 Å². The summed E-state index contributed by atoms with van der Waals surface area (Å²) in [6, 6.07) is 13.8. The molecule has 0 aliphatic rings. The van der Waals surface area contributed by atoms with Crippen molar-refractivity contribution in [1.29, 1.82) is 0 Å². The van der Waals surface area contributed by atoms with Crippen LogP contribution in [0.5, 0.6) is 0 Å². The molecule has 25 heavy (non-hydrogen) atoms. The minimum absolute atomic E-state index is 0.238. The van der Waals surface area contributed by atoms with Crippen molar-refractivity contribution in [3.63, 3.8) is 0 Å². The second-order valence-electron chi connectivity index (χ2n) is 5.28. The van der Waals surface area contributed by atoms with Crippen molar-refractivity contribution in [1.82, 2.24) is 19.8 Å². The molecule has 8 heteroatoms. The molecule has 0 atom stereocenters. The largest absolute Gasteiger partial charge is 0.304 e. The summed E-state index contributed by atoms with van der Waals surface area (Å²) in [6.07, 6.45) is 1.65. The molecule has 0 radical (unpaired) electrons. The van der Waals surface area contributed by atoms with E-state index in [1.54, 1.807) is 17.8 Å². The molecule has 2 aromatic heterocycles. The minimum Gasteiger partial charge on any atom is -0.304 e. The molecular weight excluding hydrogens is 354 g/mol. The van der Waals surface area contributed by atoms with Gasteiger partial charge in [0.2, 0.25) is 0 Å². The van der Waals surface area contributed by atoms with Crippen LogP contribution < -0.4 is 5.32 Å². The molecule has 1 amide bonds. The van der Waals surface area contributed by atoms with Gasteiger partial charge in [0.15, 0.2) is 5.82 Å². The Hall–Kier alpha value is -2.32. The van der Waals surface area contributed by atoms with E-state index in [2.05, 4.69) is 37.2 Å². The molecule has 0 bridgehead atoms. The molecule has 0 unspecified atom stereocenters. The number of hydrogen-bond donors (Lipinski definition) is 1. The number of nitrogens with one attached hydrogen (secondary N) is 1. The van der Waals surface area contributed by atoms with Crippen LogP contribution in [0.1, 0.15) is 34.3 Å². The van der Waals surface area contributed by atoms with Gasteiger partial charge < -0.3 is 5.32 Å². The van der Waals surface area contributed by atoms with E-state index in [1.807, 2.05) is 31.2 Å². The molecule has 0 spiro atoms. The highest BCUT2D eigenvalue weighted by molar-refractivity contribution is 7.98. The highest BCUT2D eigenvalue weighted by Gasteiger charge is 2.16. The lowest BCUT2D eigenvalue weighted by molar-refractivity contribution is 0.102. The minimum atomic E-state index is -0.238. The first kappa shape index (κ1) is 17.5. The summed E-state index contributed by atoms with van der Waals surface area (Å²) in [4.78, 5) is 12.8. The maximum atomic E-state index is 12.3. The summed E-state index contributed by atoms with van der Waals surface area (Å²) in [5, 5.41) is 15.8. The van der Waals surface area contributed by atoms with Crippen molar-refractivity contribution in [3.05, 3.63) is 58.6 Å². The van der Waals surface area contributed by atoms with Gasteiger partial charge in [-0.25, -0.2) is 0 Å². The first-order chi connectivity index (χ1) is 12.3. The van der Waals surface area contributed by atoms with Crippen molar-refractivity contribution in [2.75, 3.05) is 5.32 Å². The second kappa shape index (κ2) is 8.68. The Balaban J connectivity index is 1.58. The van der Waals surface area contributed by atoms with Gasteiger partial charge in [-0.1, -0.05) is 59.9 Å². The molecule has 0 aliphatic heterocycles. The van der Waals surface area contributed by atoms with Gasteiger partial charge in [0.05, 0.1) is 5.69 Å². The number of anilines is 1. The lowest BCUT2D eigenvalue weighted by atomic mass is 10.2. The van der Waals surface area contributed by atoms with Crippen LogP contribution in [-0.2, 0) is 12.2 Å². The highest BCUT2D eigenvalue weighted by Crippen LogP contribution is 2.21. The van der Waals surface area contributed by atoms with Crippen LogP contribution in [0.25, 0.3) is 0 Å². The number of rotatable bonds is 7. The van der Waals surface area contributed by atoms with E-state index in [0.717, 1.165) is 40.8 Å². The van der Waals surface area contributed by atoms with Crippen LogP contribution in [0, 0.1) is 0 Å². The monoisotopic (exact) mass is 371 g/mol. The number of hydrogen-bond acceptors (Lipinski definition) is 7. The Morgan fingerprint density at radius 1 is 1.12 bits per heavy atom. The molecule has 3 rings (SSSR count). The summed E-state index contributed by atoms with van der Waals surface area (Å²) in [5.41, 5.74) is 1.96. The van der Waals surface area contributed by atoms with Gasteiger partial charge in [0, 0.05) is 5.75 Å². The number of carbonyl (C=O) groups is 1. The van der Waals surface area contributed by atoms with Gasteiger partial charge in [0.1, 0.15) is 9.90 Å². The molecular formula is C17H17N5OS2. The SMILES string of the molecule is CCCc1nnsc1C(=O)Nc1ccc(SCc2ccccc2)nn1. The first-order valence-electron chi connectivity index (χ1n) is 7.89. The normalized spacial score (nSPS) is 10.6. The molecule has 0 saturated heterocycles. The Bertz CT molecular complexity index is 821. The Kier molecular flexibility index (Phi) is 6.08. The molecule has 128 valence electrons. The van der Waals surface area contributed by atoms with Crippen LogP contribution >= 0.6 is 23.3 Å². The molecule has 3 aromatic rings. The zero-order valence-electron chi connectivity index (χ0n) is 13.7. The quantitative estimate of drug-likeness (QED) is 0.636. The number of thioether (sulfide) groups is 1. The molecule has 6 nitrogen and oxygen atoms in total. The zero-order chi connectivity index (χ0) is 17.5. The van der Waals surface area contributed by atoms with E-state index in [9.17, 15) is 4.79 Å². The number of nitrogens with zero attached hydrogens (tertiary/aromatic N) is 4. The van der Waals surface area contributed by atoms with Crippen molar-refractivity contribution >= 4 is 35.0 Å². The number of amides is 1. The van der Waals surface area contributed by atoms with Crippen LogP contribution in [0.4, 0.5) is 5.82 Å². The fraction of sp³-hybridized carbons (Fsp3) is 0.235. The lowest BCUT2D eigenvalue weighted by Crippen LogP contribution is -2.14. The van der Waals surface area contributed by atoms with Gasteiger partial charge in [-0.2, -0.15) is 0 Å². The van der Waals surface area contributed by atoms with E-state index in [4.69, 9.17) is 0 Å². The van der Waals surface area contributed by atoms with Crippen LogP contribution in [-0.4, -0.2) is 25.7 Å². The van der Waals surface area contributed by atoms with Crippen LogP contribution in [0.3, 0.4) is 0 Å². The third-order valence-electron chi connectivity index (χ3n) is 3.36. The fourth-order valence-electron chi connectivity index (χ4n) is 2.15.